The number of aromatic nitrogens is 2. The first-order chi connectivity index (χ1) is 10.2. The Morgan fingerprint density at radius 3 is 2.81 bits per heavy atom. The van der Waals surface area contributed by atoms with Crippen molar-refractivity contribution in [2.45, 2.75) is 5.16 Å². The maximum Gasteiger partial charge on any atom is 0.191 e. The summed E-state index contributed by atoms with van der Waals surface area (Å²) in [5, 5.41) is 4.27. The fourth-order valence-electron chi connectivity index (χ4n) is 1.75. The lowest BCUT2D eigenvalue weighted by Gasteiger charge is -2.06. The van der Waals surface area contributed by atoms with Gasteiger partial charge < -0.3 is 10.5 Å². The summed E-state index contributed by atoms with van der Waals surface area (Å²) in [4.78, 5) is 9.68. The molecule has 0 saturated heterocycles. The van der Waals surface area contributed by atoms with Crippen LogP contribution >= 0.6 is 34.7 Å². The second-order valence-corrected chi connectivity index (χ2v) is 6.57. The van der Waals surface area contributed by atoms with E-state index < -0.39 is 0 Å². The number of ether oxygens (including phenoxy) is 1. The molecule has 0 amide bonds. The zero-order chi connectivity index (χ0) is 14.7. The highest BCUT2D eigenvalue weighted by Crippen LogP contribution is 2.26. The standard InChI is InChI=1S/C14H12ClN3OS2/c15-9-1-3-10(4-2-9)19-6-8-21-14-17-12(16)11-5-7-20-13(11)18-14/h1-5,7H,6,8H2,(H2,16,17,18). The van der Waals surface area contributed by atoms with Crippen LogP contribution in [-0.2, 0) is 0 Å². The van der Waals surface area contributed by atoms with Crippen molar-refractivity contribution in [3.8, 4) is 5.75 Å². The van der Waals surface area contributed by atoms with E-state index in [9.17, 15) is 0 Å². The average Bonchev–Trinajstić information content (AvgIpc) is 2.94. The number of anilines is 1. The lowest BCUT2D eigenvalue weighted by Crippen LogP contribution is -2.01. The van der Waals surface area contributed by atoms with Crippen LogP contribution in [0.25, 0.3) is 10.2 Å². The quantitative estimate of drug-likeness (QED) is 0.431. The Bertz CT molecular complexity index is 746. The number of hydrogen-bond donors (Lipinski definition) is 1. The van der Waals surface area contributed by atoms with Gasteiger partial charge in [-0.25, -0.2) is 9.97 Å². The molecule has 0 unspecified atom stereocenters. The maximum absolute atomic E-state index is 5.91. The summed E-state index contributed by atoms with van der Waals surface area (Å²) in [7, 11) is 0. The number of hydrogen-bond acceptors (Lipinski definition) is 6. The second-order valence-electron chi connectivity index (χ2n) is 4.18. The molecule has 7 heteroatoms. The fraction of sp³-hybridized carbons (Fsp3) is 0.143. The van der Waals surface area contributed by atoms with E-state index >= 15 is 0 Å². The molecule has 2 aromatic heterocycles. The van der Waals surface area contributed by atoms with Crippen LogP contribution in [0.2, 0.25) is 5.02 Å². The Balaban J connectivity index is 1.55. The van der Waals surface area contributed by atoms with E-state index in [0.717, 1.165) is 21.7 Å². The molecule has 0 bridgehead atoms. The minimum atomic E-state index is 0.530. The van der Waals surface area contributed by atoms with Gasteiger partial charge in [-0.1, -0.05) is 23.4 Å². The molecule has 3 aromatic rings. The van der Waals surface area contributed by atoms with E-state index in [1.54, 1.807) is 23.5 Å². The highest BCUT2D eigenvalue weighted by molar-refractivity contribution is 7.99. The monoisotopic (exact) mass is 337 g/mol. The SMILES string of the molecule is Nc1nc(SCCOc2ccc(Cl)cc2)nc2sccc12. The van der Waals surface area contributed by atoms with Gasteiger partial charge in [-0.3, -0.25) is 0 Å². The van der Waals surface area contributed by atoms with Crippen LogP contribution in [0.1, 0.15) is 0 Å². The fourth-order valence-corrected chi connectivity index (χ4v) is 3.37. The van der Waals surface area contributed by atoms with Gasteiger partial charge in [-0.2, -0.15) is 0 Å². The lowest BCUT2D eigenvalue weighted by molar-refractivity contribution is 0.344. The Morgan fingerprint density at radius 1 is 1.19 bits per heavy atom. The molecule has 0 aliphatic rings. The van der Waals surface area contributed by atoms with E-state index in [4.69, 9.17) is 22.1 Å². The topological polar surface area (TPSA) is 61.0 Å². The van der Waals surface area contributed by atoms with Crippen molar-refractivity contribution in [2.75, 3.05) is 18.1 Å². The summed E-state index contributed by atoms with van der Waals surface area (Å²) < 4.78 is 5.62. The molecule has 2 N–H and O–H groups in total. The number of nitrogens with zero attached hydrogens (tertiary/aromatic N) is 2. The molecule has 0 radical (unpaired) electrons. The molecule has 21 heavy (non-hydrogen) atoms. The first-order valence-corrected chi connectivity index (χ1v) is 8.48. The van der Waals surface area contributed by atoms with E-state index in [1.807, 2.05) is 23.6 Å². The van der Waals surface area contributed by atoms with Crippen LogP contribution in [0.4, 0.5) is 5.82 Å². The Morgan fingerprint density at radius 2 is 2.00 bits per heavy atom. The van der Waals surface area contributed by atoms with Crippen molar-refractivity contribution in [3.05, 3.63) is 40.7 Å². The van der Waals surface area contributed by atoms with Crippen LogP contribution in [0.3, 0.4) is 0 Å². The van der Waals surface area contributed by atoms with E-state index in [0.29, 0.717) is 22.6 Å². The van der Waals surface area contributed by atoms with E-state index in [1.165, 1.54) is 11.8 Å². The van der Waals surface area contributed by atoms with Gasteiger partial charge in [0.1, 0.15) is 16.4 Å². The van der Waals surface area contributed by atoms with Gasteiger partial charge in [0.25, 0.3) is 0 Å². The van der Waals surface area contributed by atoms with Crippen LogP contribution in [-0.4, -0.2) is 22.3 Å². The molecule has 0 aliphatic heterocycles. The molecular formula is C14H12ClN3OS2. The maximum atomic E-state index is 5.91. The van der Waals surface area contributed by atoms with Gasteiger partial charge >= 0.3 is 0 Å². The summed E-state index contributed by atoms with van der Waals surface area (Å²) in [6.45, 7) is 0.568. The number of nitrogen functional groups attached to an aromatic ring is 1. The third-order valence-electron chi connectivity index (χ3n) is 2.73. The van der Waals surface area contributed by atoms with Crippen molar-refractivity contribution >= 4 is 50.7 Å². The van der Waals surface area contributed by atoms with Crippen molar-refractivity contribution in [3.63, 3.8) is 0 Å². The molecule has 4 nitrogen and oxygen atoms in total. The van der Waals surface area contributed by atoms with Gasteiger partial charge in [-0.05, 0) is 35.7 Å². The molecule has 108 valence electrons. The number of benzene rings is 1. The summed E-state index contributed by atoms with van der Waals surface area (Å²) in [5.74, 6) is 2.08. The number of fused-ring (bicyclic) bond motifs is 1. The summed E-state index contributed by atoms with van der Waals surface area (Å²) in [6.07, 6.45) is 0. The van der Waals surface area contributed by atoms with Gasteiger partial charge in [0.2, 0.25) is 0 Å². The molecular weight excluding hydrogens is 326 g/mol. The summed E-state index contributed by atoms with van der Waals surface area (Å²) >= 11 is 8.91. The van der Waals surface area contributed by atoms with Gasteiger partial charge in [0, 0.05) is 10.8 Å². The third kappa shape index (κ3) is 3.58. The Hall–Kier alpha value is -1.50. The van der Waals surface area contributed by atoms with Crippen LogP contribution in [0.15, 0.2) is 40.9 Å². The predicted molar refractivity (Wildman–Crippen MR) is 89.5 cm³/mol. The molecule has 0 saturated carbocycles. The zero-order valence-electron chi connectivity index (χ0n) is 11.0. The second kappa shape index (κ2) is 6.51. The number of nitrogens with two attached hydrogens (primary N) is 1. The Labute approximate surface area is 135 Å². The largest absolute Gasteiger partial charge is 0.493 e. The highest BCUT2D eigenvalue weighted by Gasteiger charge is 2.06. The predicted octanol–water partition coefficient (Wildman–Crippen LogP) is 4.10. The van der Waals surface area contributed by atoms with Gasteiger partial charge in [0.15, 0.2) is 5.16 Å². The number of thioether (sulfide) groups is 1. The summed E-state index contributed by atoms with van der Waals surface area (Å²) in [6, 6.07) is 9.24. The first-order valence-electron chi connectivity index (χ1n) is 6.24. The first kappa shape index (κ1) is 14.4. The van der Waals surface area contributed by atoms with Crippen molar-refractivity contribution in [1.82, 2.24) is 9.97 Å². The van der Waals surface area contributed by atoms with E-state index in [2.05, 4.69) is 9.97 Å². The molecule has 0 atom stereocenters. The zero-order valence-corrected chi connectivity index (χ0v) is 13.3. The number of halogens is 1. The molecule has 0 fully saturated rings. The smallest absolute Gasteiger partial charge is 0.191 e. The molecule has 3 rings (SSSR count). The van der Waals surface area contributed by atoms with Crippen molar-refractivity contribution in [1.29, 1.82) is 0 Å². The van der Waals surface area contributed by atoms with Gasteiger partial charge in [-0.15, -0.1) is 11.3 Å². The molecule has 1 aromatic carbocycles. The number of thiophene rings is 1. The number of rotatable bonds is 5. The van der Waals surface area contributed by atoms with E-state index in [-0.39, 0.29) is 0 Å². The third-order valence-corrected chi connectivity index (χ3v) is 4.60. The normalized spacial score (nSPS) is 10.9. The van der Waals surface area contributed by atoms with Gasteiger partial charge in [0.05, 0.1) is 12.0 Å². The minimum Gasteiger partial charge on any atom is -0.493 e. The lowest BCUT2D eigenvalue weighted by atomic mass is 10.3. The molecule has 2 heterocycles. The average molecular weight is 338 g/mol. The van der Waals surface area contributed by atoms with Crippen molar-refractivity contribution < 1.29 is 4.74 Å². The van der Waals surface area contributed by atoms with Crippen LogP contribution in [0.5, 0.6) is 5.75 Å². The molecule has 0 aliphatic carbocycles. The van der Waals surface area contributed by atoms with Crippen LogP contribution < -0.4 is 10.5 Å². The molecule has 0 spiro atoms. The highest BCUT2D eigenvalue weighted by atomic mass is 35.5. The Kier molecular flexibility index (Phi) is 4.48. The van der Waals surface area contributed by atoms with Crippen molar-refractivity contribution in [2.24, 2.45) is 0 Å². The van der Waals surface area contributed by atoms with Crippen LogP contribution in [0, 0.1) is 0 Å². The summed E-state index contributed by atoms with van der Waals surface area (Å²) in [5.41, 5.74) is 5.91. The minimum absolute atomic E-state index is 0.530.